The number of aromatic amines is 1. The Balaban J connectivity index is 0.00000245. The predicted molar refractivity (Wildman–Crippen MR) is 132 cm³/mol. The second kappa shape index (κ2) is 9.81. The topological polar surface area (TPSA) is 91.1 Å². The van der Waals surface area contributed by atoms with Gasteiger partial charge in [-0.15, -0.1) is 17.0 Å². The van der Waals surface area contributed by atoms with E-state index in [9.17, 15) is 5.11 Å². The van der Waals surface area contributed by atoms with Crippen molar-refractivity contribution in [3.8, 4) is 5.75 Å². The maximum absolute atomic E-state index is 10.3. The lowest BCUT2D eigenvalue weighted by Gasteiger charge is -2.34. The van der Waals surface area contributed by atoms with Gasteiger partial charge in [0.05, 0.1) is 29.3 Å². The third-order valence-corrected chi connectivity index (χ3v) is 6.15. The minimum atomic E-state index is 0. The molecule has 2 heterocycles. The molecule has 1 unspecified atom stereocenters. The molecule has 4 N–H and O–H groups in total. The van der Waals surface area contributed by atoms with E-state index in [0.29, 0.717) is 19.6 Å². The van der Waals surface area contributed by atoms with Crippen molar-refractivity contribution in [1.82, 2.24) is 19.9 Å². The number of nitrogens with zero attached hydrogens (tertiary/aromatic N) is 3. The van der Waals surface area contributed by atoms with Crippen LogP contribution in [0, 0.1) is 0 Å². The number of phenolic OH excluding ortho intramolecular Hbond substituents is 1. The molecule has 0 fully saturated rings. The van der Waals surface area contributed by atoms with Crippen LogP contribution in [0.5, 0.6) is 5.75 Å². The Morgan fingerprint density at radius 3 is 2.78 bits per heavy atom. The number of imidazole rings is 1. The van der Waals surface area contributed by atoms with E-state index in [0.717, 1.165) is 52.9 Å². The van der Waals surface area contributed by atoms with Crippen molar-refractivity contribution in [2.24, 2.45) is 5.73 Å². The van der Waals surface area contributed by atoms with Crippen molar-refractivity contribution >= 4 is 28.0 Å². The smallest absolute Gasteiger partial charge is 0.121 e. The van der Waals surface area contributed by atoms with Gasteiger partial charge in [0.2, 0.25) is 0 Å². The molecule has 0 bridgehead atoms. The molecule has 0 spiro atoms. The van der Waals surface area contributed by atoms with Gasteiger partial charge in [-0.2, -0.15) is 0 Å². The lowest BCUT2D eigenvalue weighted by atomic mass is 9.90. The second-order valence-electron chi connectivity index (χ2n) is 8.23. The molecule has 0 aliphatic heterocycles. The van der Waals surface area contributed by atoms with E-state index in [1.807, 2.05) is 42.6 Å². The number of halogens is 1. The zero-order valence-corrected chi connectivity index (χ0v) is 19.6. The standard InChI is InChI=1S/C25H27N5O.BrH/c26-14-19-11-10-17(13-23(19)31)15-30(16-24-28-20-7-1-2-8-21(20)29-24)22-9-3-5-18-6-4-12-27-25(18)22;/h1-2,4,6-8,10-13,22,31H,3,5,9,14-16,26H2,(H,28,29);1H. The number of nitrogens with two attached hydrogens (primary N) is 1. The summed E-state index contributed by atoms with van der Waals surface area (Å²) in [5.74, 6) is 1.19. The van der Waals surface area contributed by atoms with Crippen LogP contribution in [0.2, 0.25) is 0 Å². The first-order valence-electron chi connectivity index (χ1n) is 10.8. The van der Waals surface area contributed by atoms with Gasteiger partial charge < -0.3 is 15.8 Å². The van der Waals surface area contributed by atoms with E-state index in [4.69, 9.17) is 15.7 Å². The van der Waals surface area contributed by atoms with Gasteiger partial charge >= 0.3 is 0 Å². The Labute approximate surface area is 198 Å². The zero-order chi connectivity index (χ0) is 21.2. The number of aromatic nitrogens is 3. The van der Waals surface area contributed by atoms with Crippen LogP contribution < -0.4 is 5.73 Å². The molecule has 6 nitrogen and oxygen atoms in total. The molecule has 1 aliphatic rings. The summed E-state index contributed by atoms with van der Waals surface area (Å²) < 4.78 is 0. The van der Waals surface area contributed by atoms with Gasteiger partial charge in [0, 0.05) is 24.8 Å². The summed E-state index contributed by atoms with van der Waals surface area (Å²) in [5.41, 5.74) is 12.0. The summed E-state index contributed by atoms with van der Waals surface area (Å²) in [6.45, 7) is 1.69. The number of benzene rings is 2. The van der Waals surface area contributed by atoms with E-state index < -0.39 is 0 Å². The molecule has 0 saturated carbocycles. The van der Waals surface area contributed by atoms with Gasteiger partial charge in [-0.1, -0.05) is 30.3 Å². The molecule has 2 aromatic heterocycles. The number of pyridine rings is 1. The fourth-order valence-corrected chi connectivity index (χ4v) is 4.60. The highest BCUT2D eigenvalue weighted by atomic mass is 79.9. The lowest BCUT2D eigenvalue weighted by molar-refractivity contribution is 0.153. The van der Waals surface area contributed by atoms with E-state index >= 15 is 0 Å². The van der Waals surface area contributed by atoms with Crippen LogP contribution >= 0.6 is 17.0 Å². The highest BCUT2D eigenvalue weighted by Gasteiger charge is 2.28. The number of H-pyrrole nitrogens is 1. The van der Waals surface area contributed by atoms with Crippen LogP contribution in [0.25, 0.3) is 11.0 Å². The molecule has 1 atom stereocenters. The van der Waals surface area contributed by atoms with E-state index in [2.05, 4.69) is 28.1 Å². The Kier molecular flexibility index (Phi) is 6.89. The number of aromatic hydroxyl groups is 1. The Morgan fingerprint density at radius 1 is 1.09 bits per heavy atom. The van der Waals surface area contributed by atoms with Crippen LogP contribution in [0.4, 0.5) is 0 Å². The van der Waals surface area contributed by atoms with Crippen molar-refractivity contribution < 1.29 is 5.11 Å². The largest absolute Gasteiger partial charge is 0.508 e. The third-order valence-electron chi connectivity index (χ3n) is 6.15. The molecule has 2 aromatic carbocycles. The first-order chi connectivity index (χ1) is 15.2. The molecular formula is C25H28BrN5O. The molecule has 0 radical (unpaired) electrons. The van der Waals surface area contributed by atoms with E-state index in [1.165, 1.54) is 5.56 Å². The summed E-state index contributed by atoms with van der Waals surface area (Å²) >= 11 is 0. The molecule has 1 aliphatic carbocycles. The van der Waals surface area contributed by atoms with Crippen molar-refractivity contribution in [3.05, 3.63) is 89.0 Å². The van der Waals surface area contributed by atoms with Crippen LogP contribution in [0.15, 0.2) is 60.8 Å². The summed E-state index contributed by atoms with van der Waals surface area (Å²) in [7, 11) is 0. The van der Waals surface area contributed by atoms with E-state index in [1.54, 1.807) is 0 Å². The number of fused-ring (bicyclic) bond motifs is 2. The average Bonchev–Trinajstić information content (AvgIpc) is 3.21. The fourth-order valence-electron chi connectivity index (χ4n) is 4.60. The summed E-state index contributed by atoms with van der Waals surface area (Å²) in [4.78, 5) is 15.4. The Bertz CT molecular complexity index is 1170. The second-order valence-corrected chi connectivity index (χ2v) is 8.23. The molecule has 0 saturated heterocycles. The van der Waals surface area contributed by atoms with Gasteiger partial charge in [0.15, 0.2) is 0 Å². The van der Waals surface area contributed by atoms with Crippen molar-refractivity contribution in [1.29, 1.82) is 0 Å². The molecule has 7 heteroatoms. The van der Waals surface area contributed by atoms with E-state index in [-0.39, 0.29) is 28.8 Å². The quantitative estimate of drug-likeness (QED) is 0.359. The minimum Gasteiger partial charge on any atom is -0.508 e. The van der Waals surface area contributed by atoms with Crippen LogP contribution in [0.1, 0.15) is 47.1 Å². The number of phenols is 1. The number of aryl methyl sites for hydroxylation is 1. The summed E-state index contributed by atoms with van der Waals surface area (Å²) in [6, 6.07) is 18.3. The van der Waals surface area contributed by atoms with Crippen molar-refractivity contribution in [3.63, 3.8) is 0 Å². The SMILES string of the molecule is Br.NCc1ccc(CN(Cc2nc3ccccc3[nH]2)C2CCCc3cccnc32)cc1O. The number of para-hydroxylation sites is 2. The summed E-state index contributed by atoms with van der Waals surface area (Å²) in [5, 5.41) is 10.3. The molecule has 166 valence electrons. The molecular weight excluding hydrogens is 466 g/mol. The van der Waals surface area contributed by atoms with Crippen LogP contribution in [-0.2, 0) is 26.1 Å². The number of rotatable bonds is 6. The average molecular weight is 494 g/mol. The Morgan fingerprint density at radius 2 is 1.97 bits per heavy atom. The Hall–Kier alpha value is -2.74. The van der Waals surface area contributed by atoms with Gasteiger partial charge in [-0.25, -0.2) is 4.98 Å². The number of hydrogen-bond acceptors (Lipinski definition) is 5. The van der Waals surface area contributed by atoms with Crippen LogP contribution in [-0.4, -0.2) is 25.0 Å². The highest BCUT2D eigenvalue weighted by Crippen LogP contribution is 2.35. The maximum Gasteiger partial charge on any atom is 0.121 e. The van der Waals surface area contributed by atoms with Gasteiger partial charge in [-0.3, -0.25) is 9.88 Å². The molecule has 0 amide bonds. The number of nitrogens with one attached hydrogen (secondary N) is 1. The predicted octanol–water partition coefficient (Wildman–Crippen LogP) is 4.78. The maximum atomic E-state index is 10.3. The van der Waals surface area contributed by atoms with Crippen molar-refractivity contribution in [2.45, 2.75) is 44.9 Å². The minimum absolute atomic E-state index is 0. The summed E-state index contributed by atoms with van der Waals surface area (Å²) in [6.07, 6.45) is 5.15. The van der Waals surface area contributed by atoms with Gasteiger partial charge in [0.25, 0.3) is 0 Å². The first kappa shape index (κ1) is 22.5. The third kappa shape index (κ3) is 4.55. The monoisotopic (exact) mass is 493 g/mol. The van der Waals surface area contributed by atoms with Crippen LogP contribution in [0.3, 0.4) is 0 Å². The number of hydrogen-bond donors (Lipinski definition) is 3. The van der Waals surface area contributed by atoms with Crippen molar-refractivity contribution in [2.75, 3.05) is 0 Å². The normalized spacial score (nSPS) is 15.5. The van der Waals surface area contributed by atoms with Gasteiger partial charge in [-0.05, 0) is 54.7 Å². The first-order valence-corrected chi connectivity index (χ1v) is 10.8. The molecule has 5 rings (SSSR count). The zero-order valence-electron chi connectivity index (χ0n) is 17.9. The highest BCUT2D eigenvalue weighted by molar-refractivity contribution is 8.93. The van der Waals surface area contributed by atoms with Gasteiger partial charge in [0.1, 0.15) is 11.6 Å². The lowest BCUT2D eigenvalue weighted by Crippen LogP contribution is -2.31. The fraction of sp³-hybridized carbons (Fsp3) is 0.280. The molecule has 4 aromatic rings. The molecule has 32 heavy (non-hydrogen) atoms.